The van der Waals surface area contributed by atoms with E-state index in [0.29, 0.717) is 5.92 Å². The predicted molar refractivity (Wildman–Crippen MR) is 64.3 cm³/mol. The van der Waals surface area contributed by atoms with Gasteiger partial charge in [0.1, 0.15) is 0 Å². The molecule has 14 heavy (non-hydrogen) atoms. The molecule has 0 aromatic rings. The van der Waals surface area contributed by atoms with Gasteiger partial charge in [0, 0.05) is 0 Å². The molecule has 0 spiro atoms. The van der Waals surface area contributed by atoms with Crippen LogP contribution in [0.25, 0.3) is 0 Å². The van der Waals surface area contributed by atoms with E-state index in [2.05, 4.69) is 31.2 Å². The monoisotopic (exact) mass is 190 g/mol. The molecule has 0 radical (unpaired) electrons. The maximum absolute atomic E-state index is 2.43. The van der Waals surface area contributed by atoms with Crippen LogP contribution in [0.2, 0.25) is 0 Å². The normalized spacial score (nSPS) is 24.9. The van der Waals surface area contributed by atoms with Gasteiger partial charge in [-0.2, -0.15) is 0 Å². The third-order valence-corrected chi connectivity index (χ3v) is 2.73. The van der Waals surface area contributed by atoms with Crippen molar-refractivity contribution in [2.45, 2.75) is 46.5 Å². The predicted octanol–water partition coefficient (Wildman–Crippen LogP) is 4.65. The minimum atomic E-state index is 0.631. The van der Waals surface area contributed by atoms with Gasteiger partial charge in [0.25, 0.3) is 0 Å². The number of hydrogen-bond acceptors (Lipinski definition) is 0. The highest BCUT2D eigenvalue weighted by Gasteiger charge is 2.12. The Labute approximate surface area is 88.4 Å². The summed E-state index contributed by atoms with van der Waals surface area (Å²) >= 11 is 0. The summed E-state index contributed by atoms with van der Waals surface area (Å²) in [6.45, 7) is 6.26. The molecule has 1 atom stereocenters. The first kappa shape index (κ1) is 11.3. The third-order valence-electron chi connectivity index (χ3n) is 2.73. The smallest absolute Gasteiger partial charge is 0.00728 e. The van der Waals surface area contributed by atoms with Crippen LogP contribution in [0.5, 0.6) is 0 Å². The fourth-order valence-corrected chi connectivity index (χ4v) is 2.05. The van der Waals surface area contributed by atoms with Gasteiger partial charge in [0.05, 0.1) is 0 Å². The summed E-state index contributed by atoms with van der Waals surface area (Å²) in [7, 11) is 0. The Bertz CT molecular complexity index is 253. The second-order valence-corrected chi connectivity index (χ2v) is 3.83. The molecule has 0 aliphatic heterocycles. The molecule has 0 heterocycles. The SMILES string of the molecule is CC.CC1C=CC=C2CCCCC2=C1. The minimum Gasteiger partial charge on any atom is -0.0779 e. The van der Waals surface area contributed by atoms with Crippen molar-refractivity contribution in [3.63, 3.8) is 0 Å². The van der Waals surface area contributed by atoms with Crippen molar-refractivity contribution in [2.75, 3.05) is 0 Å². The summed E-state index contributed by atoms with van der Waals surface area (Å²) in [5.41, 5.74) is 3.20. The van der Waals surface area contributed by atoms with E-state index in [-0.39, 0.29) is 0 Å². The number of fused-ring (bicyclic) bond motifs is 1. The van der Waals surface area contributed by atoms with Crippen molar-refractivity contribution >= 4 is 0 Å². The van der Waals surface area contributed by atoms with Gasteiger partial charge in [-0.05, 0) is 42.7 Å². The van der Waals surface area contributed by atoms with Gasteiger partial charge in [0.2, 0.25) is 0 Å². The first-order valence-electron chi connectivity index (χ1n) is 5.95. The lowest BCUT2D eigenvalue weighted by molar-refractivity contribution is 0.674. The van der Waals surface area contributed by atoms with Crippen molar-refractivity contribution in [1.82, 2.24) is 0 Å². The maximum atomic E-state index is 2.43. The van der Waals surface area contributed by atoms with E-state index in [4.69, 9.17) is 0 Å². The van der Waals surface area contributed by atoms with Gasteiger partial charge in [-0.25, -0.2) is 0 Å². The summed E-state index contributed by atoms with van der Waals surface area (Å²) < 4.78 is 0. The van der Waals surface area contributed by atoms with Crippen LogP contribution in [-0.2, 0) is 0 Å². The van der Waals surface area contributed by atoms with E-state index in [1.54, 1.807) is 11.1 Å². The van der Waals surface area contributed by atoms with Crippen LogP contribution in [0, 0.1) is 5.92 Å². The quantitative estimate of drug-likeness (QED) is 0.522. The molecule has 0 aromatic heterocycles. The van der Waals surface area contributed by atoms with Crippen molar-refractivity contribution < 1.29 is 0 Å². The highest BCUT2D eigenvalue weighted by Crippen LogP contribution is 2.31. The molecule has 2 rings (SSSR count). The first-order chi connectivity index (χ1) is 6.86. The van der Waals surface area contributed by atoms with Gasteiger partial charge in [-0.1, -0.05) is 45.1 Å². The van der Waals surface area contributed by atoms with Crippen molar-refractivity contribution in [2.24, 2.45) is 5.92 Å². The molecule has 0 heteroatoms. The van der Waals surface area contributed by atoms with Crippen LogP contribution in [0.3, 0.4) is 0 Å². The second-order valence-electron chi connectivity index (χ2n) is 3.83. The van der Waals surface area contributed by atoms with E-state index in [1.165, 1.54) is 25.7 Å². The molecule has 0 amide bonds. The molecule has 0 saturated heterocycles. The lowest BCUT2D eigenvalue weighted by atomic mass is 9.88. The Kier molecular flexibility index (Phi) is 4.72. The van der Waals surface area contributed by atoms with Crippen LogP contribution in [-0.4, -0.2) is 0 Å². The number of rotatable bonds is 0. The summed E-state index contributed by atoms with van der Waals surface area (Å²) in [5, 5.41) is 0. The average molecular weight is 190 g/mol. The Morgan fingerprint density at radius 2 is 1.71 bits per heavy atom. The molecule has 1 saturated carbocycles. The zero-order valence-corrected chi connectivity index (χ0v) is 9.72. The molecule has 0 nitrogen and oxygen atoms in total. The fraction of sp³-hybridized carbons (Fsp3) is 0.571. The largest absolute Gasteiger partial charge is 0.0779 e. The molecular formula is C14H22. The fourth-order valence-electron chi connectivity index (χ4n) is 2.05. The van der Waals surface area contributed by atoms with Crippen LogP contribution in [0.4, 0.5) is 0 Å². The Morgan fingerprint density at radius 3 is 2.43 bits per heavy atom. The van der Waals surface area contributed by atoms with Crippen molar-refractivity contribution in [1.29, 1.82) is 0 Å². The Balaban J connectivity index is 0.000000461. The lowest BCUT2D eigenvalue weighted by Gasteiger charge is -2.17. The number of allylic oxidation sites excluding steroid dienone is 6. The van der Waals surface area contributed by atoms with Crippen LogP contribution >= 0.6 is 0 Å². The van der Waals surface area contributed by atoms with E-state index in [9.17, 15) is 0 Å². The molecule has 1 unspecified atom stereocenters. The summed E-state index contributed by atoms with van der Waals surface area (Å²) in [4.78, 5) is 0. The molecule has 0 bridgehead atoms. The van der Waals surface area contributed by atoms with E-state index in [0.717, 1.165) is 0 Å². The summed E-state index contributed by atoms with van der Waals surface area (Å²) in [6, 6.07) is 0. The zero-order chi connectivity index (χ0) is 10.4. The maximum Gasteiger partial charge on any atom is -0.00728 e. The molecule has 2 aliphatic carbocycles. The molecule has 78 valence electrons. The zero-order valence-electron chi connectivity index (χ0n) is 9.72. The van der Waals surface area contributed by atoms with Crippen molar-refractivity contribution in [3.05, 3.63) is 35.5 Å². The topological polar surface area (TPSA) is 0 Å². The molecule has 0 aromatic carbocycles. The average Bonchev–Trinajstić information content (AvgIpc) is 2.41. The minimum absolute atomic E-state index is 0.631. The van der Waals surface area contributed by atoms with Crippen LogP contribution < -0.4 is 0 Å². The van der Waals surface area contributed by atoms with Gasteiger partial charge >= 0.3 is 0 Å². The van der Waals surface area contributed by atoms with Crippen molar-refractivity contribution in [3.8, 4) is 0 Å². The van der Waals surface area contributed by atoms with Crippen LogP contribution in [0.1, 0.15) is 46.5 Å². The summed E-state index contributed by atoms with van der Waals surface area (Å²) in [5.74, 6) is 0.631. The Morgan fingerprint density at radius 1 is 1.07 bits per heavy atom. The number of hydrogen-bond donors (Lipinski definition) is 0. The third kappa shape index (κ3) is 2.87. The highest BCUT2D eigenvalue weighted by molar-refractivity contribution is 5.38. The summed E-state index contributed by atoms with van der Waals surface area (Å²) in [6.07, 6.45) is 14.6. The van der Waals surface area contributed by atoms with Crippen LogP contribution in [0.15, 0.2) is 35.5 Å². The van der Waals surface area contributed by atoms with Gasteiger partial charge in [-0.15, -0.1) is 0 Å². The van der Waals surface area contributed by atoms with E-state index in [1.807, 2.05) is 13.8 Å². The molecular weight excluding hydrogens is 168 g/mol. The van der Waals surface area contributed by atoms with Gasteiger partial charge in [-0.3, -0.25) is 0 Å². The standard InChI is InChI=1S/C12H16.C2H6/c1-10-5-4-8-11-6-2-3-7-12(11)9-10;1-2/h4-5,8-10H,2-3,6-7H2,1H3;1-2H3. The van der Waals surface area contributed by atoms with Gasteiger partial charge in [0.15, 0.2) is 0 Å². The molecule has 1 fully saturated rings. The highest BCUT2D eigenvalue weighted by atomic mass is 14.2. The second kappa shape index (κ2) is 5.85. The molecule has 0 N–H and O–H groups in total. The molecule has 2 aliphatic rings. The lowest BCUT2D eigenvalue weighted by Crippen LogP contribution is -1.98. The van der Waals surface area contributed by atoms with E-state index < -0.39 is 0 Å². The first-order valence-corrected chi connectivity index (χ1v) is 5.95. The van der Waals surface area contributed by atoms with E-state index >= 15 is 0 Å². The van der Waals surface area contributed by atoms with Gasteiger partial charge < -0.3 is 0 Å². The Hall–Kier alpha value is -0.780.